The Kier molecular flexibility index (Phi) is 4.42. The monoisotopic (exact) mass is 257 g/mol. The summed E-state index contributed by atoms with van der Waals surface area (Å²) in [5.74, 6) is 0.636. The highest BCUT2D eigenvalue weighted by Gasteiger charge is 2.15. The number of aryl methyl sites for hydroxylation is 2. The number of rotatable bonds is 4. The summed E-state index contributed by atoms with van der Waals surface area (Å²) in [5.41, 5.74) is 1.83. The van der Waals surface area contributed by atoms with Crippen LogP contribution >= 0.6 is 11.6 Å². The molecule has 0 aromatic carbocycles. The van der Waals surface area contributed by atoms with Gasteiger partial charge in [0.2, 0.25) is 0 Å². The second-order valence-electron chi connectivity index (χ2n) is 4.70. The molecule has 0 amide bonds. The summed E-state index contributed by atoms with van der Waals surface area (Å²) in [6.07, 6.45) is 2.50. The second-order valence-corrected chi connectivity index (χ2v) is 5.08. The Morgan fingerprint density at radius 2 is 2.41 bits per heavy atom. The maximum atomic E-state index is 6.16. The molecule has 1 N–H and O–H groups in total. The van der Waals surface area contributed by atoms with E-state index in [0.717, 1.165) is 36.1 Å². The van der Waals surface area contributed by atoms with Gasteiger partial charge in [0.15, 0.2) is 0 Å². The first-order valence-electron chi connectivity index (χ1n) is 6.15. The minimum absolute atomic E-state index is 0.548. The lowest BCUT2D eigenvalue weighted by Gasteiger charge is -2.22. The second kappa shape index (κ2) is 5.85. The van der Waals surface area contributed by atoms with Crippen LogP contribution in [-0.4, -0.2) is 29.5 Å². The van der Waals surface area contributed by atoms with Gasteiger partial charge in [-0.2, -0.15) is 5.10 Å². The number of ether oxygens (including phenoxy) is 1. The molecule has 1 aromatic heterocycles. The van der Waals surface area contributed by atoms with Gasteiger partial charge in [-0.05, 0) is 32.2 Å². The number of halogens is 1. The van der Waals surface area contributed by atoms with Crippen LogP contribution in [-0.2, 0) is 18.4 Å². The molecule has 4 nitrogen and oxygen atoms in total. The standard InChI is InChI=1S/C12H20ClN3O/c1-9-12(13)11(16(2)15-9)8-17-7-10-4-3-5-14-6-10/h10,14H,3-8H2,1-2H3. The van der Waals surface area contributed by atoms with Gasteiger partial charge in [-0.1, -0.05) is 11.6 Å². The summed E-state index contributed by atoms with van der Waals surface area (Å²) in [7, 11) is 1.90. The molecule has 0 radical (unpaired) electrons. The van der Waals surface area contributed by atoms with Crippen molar-refractivity contribution in [3.05, 3.63) is 16.4 Å². The van der Waals surface area contributed by atoms with Gasteiger partial charge < -0.3 is 10.1 Å². The molecular weight excluding hydrogens is 238 g/mol. The van der Waals surface area contributed by atoms with Crippen LogP contribution in [0.5, 0.6) is 0 Å². The first-order chi connectivity index (χ1) is 8.18. The van der Waals surface area contributed by atoms with Gasteiger partial charge in [-0.25, -0.2) is 0 Å². The van der Waals surface area contributed by atoms with Crippen molar-refractivity contribution in [2.45, 2.75) is 26.4 Å². The first kappa shape index (κ1) is 12.9. The van der Waals surface area contributed by atoms with Crippen LogP contribution in [0.15, 0.2) is 0 Å². The molecule has 1 aliphatic heterocycles. The number of nitrogens with one attached hydrogen (secondary N) is 1. The molecule has 1 fully saturated rings. The predicted octanol–water partition coefficient (Wildman–Crippen LogP) is 1.90. The Bertz CT molecular complexity index is 372. The highest BCUT2D eigenvalue weighted by atomic mass is 35.5. The van der Waals surface area contributed by atoms with Crippen LogP contribution < -0.4 is 5.32 Å². The van der Waals surface area contributed by atoms with Crippen molar-refractivity contribution >= 4 is 11.6 Å². The average molecular weight is 258 g/mol. The molecular formula is C12H20ClN3O. The van der Waals surface area contributed by atoms with Crippen LogP contribution in [0.4, 0.5) is 0 Å². The van der Waals surface area contributed by atoms with Gasteiger partial charge in [0.25, 0.3) is 0 Å². The van der Waals surface area contributed by atoms with Gasteiger partial charge in [0.05, 0.1) is 29.6 Å². The van der Waals surface area contributed by atoms with Crippen LogP contribution in [0, 0.1) is 12.8 Å². The van der Waals surface area contributed by atoms with E-state index in [2.05, 4.69) is 10.4 Å². The number of hydrogen-bond acceptors (Lipinski definition) is 3. The van der Waals surface area contributed by atoms with E-state index in [4.69, 9.17) is 16.3 Å². The lowest BCUT2D eigenvalue weighted by atomic mass is 10.0. The maximum absolute atomic E-state index is 6.16. The van der Waals surface area contributed by atoms with Crippen molar-refractivity contribution in [3.8, 4) is 0 Å². The Balaban J connectivity index is 1.81. The summed E-state index contributed by atoms with van der Waals surface area (Å²) in [5, 5.41) is 8.39. The largest absolute Gasteiger partial charge is 0.375 e. The third-order valence-corrected chi connectivity index (χ3v) is 3.74. The fourth-order valence-corrected chi connectivity index (χ4v) is 2.44. The molecule has 96 valence electrons. The minimum Gasteiger partial charge on any atom is -0.375 e. The fraction of sp³-hybridized carbons (Fsp3) is 0.750. The number of nitrogens with zero attached hydrogens (tertiary/aromatic N) is 2. The van der Waals surface area contributed by atoms with Crippen molar-refractivity contribution in [2.75, 3.05) is 19.7 Å². The summed E-state index contributed by atoms with van der Waals surface area (Å²) >= 11 is 6.16. The molecule has 0 saturated carbocycles. The SMILES string of the molecule is Cc1nn(C)c(COCC2CCCNC2)c1Cl. The van der Waals surface area contributed by atoms with E-state index in [1.165, 1.54) is 12.8 Å². The smallest absolute Gasteiger partial charge is 0.0900 e. The molecule has 0 spiro atoms. The molecule has 0 aliphatic carbocycles. The van der Waals surface area contributed by atoms with E-state index in [1.807, 2.05) is 14.0 Å². The van der Waals surface area contributed by atoms with Gasteiger partial charge in [0, 0.05) is 13.6 Å². The third-order valence-electron chi connectivity index (χ3n) is 3.25. The zero-order valence-corrected chi connectivity index (χ0v) is 11.3. The highest BCUT2D eigenvalue weighted by Crippen LogP contribution is 2.20. The summed E-state index contributed by atoms with van der Waals surface area (Å²) < 4.78 is 7.55. The summed E-state index contributed by atoms with van der Waals surface area (Å²) in [4.78, 5) is 0. The van der Waals surface area contributed by atoms with Gasteiger partial charge in [0.1, 0.15) is 0 Å². The number of hydrogen-bond donors (Lipinski definition) is 1. The zero-order chi connectivity index (χ0) is 12.3. The molecule has 17 heavy (non-hydrogen) atoms. The van der Waals surface area contributed by atoms with E-state index < -0.39 is 0 Å². The third kappa shape index (κ3) is 3.21. The normalized spacial score (nSPS) is 20.8. The molecule has 1 atom stereocenters. The molecule has 0 bridgehead atoms. The molecule has 5 heteroatoms. The van der Waals surface area contributed by atoms with E-state index >= 15 is 0 Å². The van der Waals surface area contributed by atoms with Gasteiger partial charge in [-0.15, -0.1) is 0 Å². The summed E-state index contributed by atoms with van der Waals surface area (Å²) in [6.45, 7) is 5.47. The quantitative estimate of drug-likeness (QED) is 0.896. The van der Waals surface area contributed by atoms with Crippen LogP contribution in [0.25, 0.3) is 0 Å². The van der Waals surface area contributed by atoms with Crippen molar-refractivity contribution in [1.29, 1.82) is 0 Å². The lowest BCUT2D eigenvalue weighted by Crippen LogP contribution is -2.32. The van der Waals surface area contributed by atoms with Crippen molar-refractivity contribution in [3.63, 3.8) is 0 Å². The fourth-order valence-electron chi connectivity index (χ4n) is 2.23. The number of piperidine rings is 1. The maximum Gasteiger partial charge on any atom is 0.0900 e. The molecule has 1 aromatic rings. The molecule has 2 rings (SSSR count). The molecule has 2 heterocycles. The Morgan fingerprint density at radius 3 is 3.00 bits per heavy atom. The Labute approximate surface area is 107 Å². The van der Waals surface area contributed by atoms with Crippen LogP contribution in [0.3, 0.4) is 0 Å². The number of aromatic nitrogens is 2. The van der Waals surface area contributed by atoms with E-state index in [-0.39, 0.29) is 0 Å². The Hall–Kier alpha value is -0.580. The average Bonchev–Trinajstić information content (AvgIpc) is 2.57. The predicted molar refractivity (Wildman–Crippen MR) is 68.2 cm³/mol. The van der Waals surface area contributed by atoms with E-state index in [0.29, 0.717) is 12.5 Å². The zero-order valence-electron chi connectivity index (χ0n) is 10.5. The molecule has 1 unspecified atom stereocenters. The van der Waals surface area contributed by atoms with E-state index in [1.54, 1.807) is 4.68 Å². The van der Waals surface area contributed by atoms with Crippen molar-refractivity contribution in [2.24, 2.45) is 13.0 Å². The van der Waals surface area contributed by atoms with Crippen molar-refractivity contribution in [1.82, 2.24) is 15.1 Å². The van der Waals surface area contributed by atoms with Gasteiger partial charge in [-0.3, -0.25) is 4.68 Å². The topological polar surface area (TPSA) is 39.1 Å². The van der Waals surface area contributed by atoms with Gasteiger partial charge >= 0.3 is 0 Å². The Morgan fingerprint density at radius 1 is 1.59 bits per heavy atom. The molecule has 1 aliphatic rings. The summed E-state index contributed by atoms with van der Waals surface area (Å²) in [6, 6.07) is 0. The highest BCUT2D eigenvalue weighted by molar-refractivity contribution is 6.31. The molecule has 1 saturated heterocycles. The van der Waals surface area contributed by atoms with Crippen LogP contribution in [0.2, 0.25) is 5.02 Å². The van der Waals surface area contributed by atoms with Crippen molar-refractivity contribution < 1.29 is 4.74 Å². The lowest BCUT2D eigenvalue weighted by molar-refractivity contribution is 0.0746. The first-order valence-corrected chi connectivity index (χ1v) is 6.52. The minimum atomic E-state index is 0.548. The van der Waals surface area contributed by atoms with E-state index in [9.17, 15) is 0 Å². The van der Waals surface area contributed by atoms with Crippen LogP contribution in [0.1, 0.15) is 24.2 Å².